The number of benzene rings is 2. The summed E-state index contributed by atoms with van der Waals surface area (Å²) in [6, 6.07) is 10.4. The van der Waals surface area contributed by atoms with Gasteiger partial charge in [0, 0.05) is 22.4 Å². The van der Waals surface area contributed by atoms with Gasteiger partial charge in [-0.1, -0.05) is 24.6 Å². The zero-order valence-electron chi connectivity index (χ0n) is 15.7. The second kappa shape index (κ2) is 7.68. The number of nitrogens with one attached hydrogen (secondary N) is 1. The van der Waals surface area contributed by atoms with Crippen LogP contribution in [0.3, 0.4) is 0 Å². The number of rotatable bonds is 4. The summed E-state index contributed by atoms with van der Waals surface area (Å²) in [5, 5.41) is 3.68. The van der Waals surface area contributed by atoms with E-state index < -0.39 is 6.04 Å². The molecule has 2 aromatic rings. The Bertz CT molecular complexity index is 949. The van der Waals surface area contributed by atoms with Gasteiger partial charge in [-0.2, -0.15) is 11.8 Å². The number of carbonyl (C=O) groups is 2. The highest BCUT2D eigenvalue weighted by Gasteiger charge is 2.44. The highest BCUT2D eigenvalue weighted by Crippen LogP contribution is 2.38. The minimum atomic E-state index is -0.422. The number of hydrogen-bond donors (Lipinski definition) is 1. The zero-order chi connectivity index (χ0) is 19.8. The number of ether oxygens (including phenoxy) is 1. The third kappa shape index (κ3) is 3.25. The monoisotopic (exact) mass is 416 g/mol. The lowest BCUT2D eigenvalue weighted by molar-refractivity contribution is -0.119. The molecule has 0 spiro atoms. The van der Waals surface area contributed by atoms with E-state index in [1.54, 1.807) is 42.0 Å². The fraction of sp³-hybridized carbons (Fsp3) is 0.333. The average molecular weight is 417 g/mol. The maximum Gasteiger partial charge on any atom is 0.256 e. The predicted octanol–water partition coefficient (Wildman–Crippen LogP) is 4.30. The quantitative estimate of drug-likeness (QED) is 0.807. The molecule has 0 aliphatic carbocycles. The topological polar surface area (TPSA) is 58.6 Å². The summed E-state index contributed by atoms with van der Waals surface area (Å²) in [6.45, 7) is 2.67. The van der Waals surface area contributed by atoms with Crippen molar-refractivity contribution in [3.63, 3.8) is 0 Å². The van der Waals surface area contributed by atoms with Crippen molar-refractivity contribution in [2.75, 3.05) is 24.7 Å². The molecule has 0 aromatic heterocycles. The van der Waals surface area contributed by atoms with Gasteiger partial charge in [0.1, 0.15) is 11.8 Å². The van der Waals surface area contributed by atoms with E-state index in [0.29, 0.717) is 28.6 Å². The molecule has 1 fully saturated rings. The smallest absolute Gasteiger partial charge is 0.256 e. The first kappa shape index (κ1) is 19.2. The molecule has 7 heteroatoms. The van der Waals surface area contributed by atoms with Gasteiger partial charge >= 0.3 is 0 Å². The van der Waals surface area contributed by atoms with E-state index in [2.05, 4.69) is 12.2 Å². The van der Waals surface area contributed by atoms with Crippen LogP contribution in [-0.2, 0) is 4.79 Å². The number of amides is 2. The van der Waals surface area contributed by atoms with Gasteiger partial charge in [0.05, 0.1) is 18.4 Å². The van der Waals surface area contributed by atoms with Gasteiger partial charge < -0.3 is 15.0 Å². The lowest BCUT2D eigenvalue weighted by Crippen LogP contribution is -2.44. The number of nitrogens with zero attached hydrogens (tertiary/aromatic N) is 1. The lowest BCUT2D eigenvalue weighted by Gasteiger charge is -2.23. The molecule has 1 N–H and O–H groups in total. The summed E-state index contributed by atoms with van der Waals surface area (Å²) in [7, 11) is 1.60. The Morgan fingerprint density at radius 1 is 1.21 bits per heavy atom. The Hall–Kier alpha value is -2.18. The van der Waals surface area contributed by atoms with Crippen molar-refractivity contribution < 1.29 is 14.3 Å². The molecule has 4 rings (SSSR count). The normalized spacial score (nSPS) is 21.0. The summed E-state index contributed by atoms with van der Waals surface area (Å²) in [6.07, 6.45) is 0.833. The van der Waals surface area contributed by atoms with Gasteiger partial charge in [-0.05, 0) is 48.1 Å². The molecule has 2 amide bonds. The molecule has 0 saturated carbocycles. The number of hydrogen-bond acceptors (Lipinski definition) is 4. The summed E-state index contributed by atoms with van der Waals surface area (Å²) in [5.41, 5.74) is 2.67. The molecular weight excluding hydrogens is 396 g/mol. The van der Waals surface area contributed by atoms with E-state index in [0.717, 1.165) is 23.3 Å². The molecule has 146 valence electrons. The second-order valence-electron chi connectivity index (χ2n) is 6.82. The maximum absolute atomic E-state index is 13.3. The highest BCUT2D eigenvalue weighted by molar-refractivity contribution is 7.99. The average Bonchev–Trinajstić information content (AvgIpc) is 3.07. The number of halogens is 1. The molecule has 2 aromatic carbocycles. The van der Waals surface area contributed by atoms with Gasteiger partial charge in [-0.25, -0.2) is 0 Å². The summed E-state index contributed by atoms with van der Waals surface area (Å²) in [5.74, 6) is 1.37. The number of anilines is 1. The van der Waals surface area contributed by atoms with Crippen molar-refractivity contribution in [3.8, 4) is 16.9 Å². The molecule has 0 radical (unpaired) electrons. The number of methoxy groups -OCH3 is 1. The van der Waals surface area contributed by atoms with E-state index in [-0.39, 0.29) is 17.1 Å². The molecule has 5 nitrogen and oxygen atoms in total. The molecule has 2 aliphatic heterocycles. The van der Waals surface area contributed by atoms with Crippen molar-refractivity contribution in [1.82, 2.24) is 4.90 Å². The largest absolute Gasteiger partial charge is 0.496 e. The van der Waals surface area contributed by atoms with Gasteiger partial charge in [-0.15, -0.1) is 0 Å². The van der Waals surface area contributed by atoms with Crippen molar-refractivity contribution in [3.05, 3.63) is 47.0 Å². The number of carbonyl (C=O) groups excluding carboxylic acids is 2. The molecular formula is C21H21ClN2O3S. The molecule has 2 unspecified atom stereocenters. The minimum Gasteiger partial charge on any atom is -0.496 e. The van der Waals surface area contributed by atoms with Crippen LogP contribution in [0.5, 0.6) is 5.75 Å². The SMILES string of the molecule is CCSC1CCN2C(=O)c3cc(-c4cc(Cl)ccc4OC)ccc3NC(=O)C12. The van der Waals surface area contributed by atoms with E-state index in [1.807, 2.05) is 18.2 Å². The maximum atomic E-state index is 13.3. The van der Waals surface area contributed by atoms with Crippen LogP contribution in [0.4, 0.5) is 5.69 Å². The number of thioether (sulfide) groups is 1. The van der Waals surface area contributed by atoms with Gasteiger partial charge in [0.15, 0.2) is 0 Å². The molecule has 1 saturated heterocycles. The van der Waals surface area contributed by atoms with Gasteiger partial charge in [0.25, 0.3) is 5.91 Å². The fourth-order valence-corrected chi connectivity index (χ4v) is 5.28. The van der Waals surface area contributed by atoms with E-state index in [4.69, 9.17) is 16.3 Å². The third-order valence-electron chi connectivity index (χ3n) is 5.23. The third-order valence-corrected chi connectivity index (χ3v) is 6.72. The predicted molar refractivity (Wildman–Crippen MR) is 113 cm³/mol. The zero-order valence-corrected chi connectivity index (χ0v) is 17.3. The van der Waals surface area contributed by atoms with Crippen LogP contribution in [0, 0.1) is 0 Å². The molecule has 2 atom stereocenters. The Kier molecular flexibility index (Phi) is 5.25. The van der Waals surface area contributed by atoms with Crippen molar-refractivity contribution in [2.45, 2.75) is 24.6 Å². The van der Waals surface area contributed by atoms with Gasteiger partial charge in [-0.3, -0.25) is 9.59 Å². The van der Waals surface area contributed by atoms with Crippen LogP contribution >= 0.6 is 23.4 Å². The fourth-order valence-electron chi connectivity index (χ4n) is 3.96. The van der Waals surface area contributed by atoms with Crippen LogP contribution in [0.2, 0.25) is 5.02 Å². The van der Waals surface area contributed by atoms with Crippen molar-refractivity contribution in [2.24, 2.45) is 0 Å². The van der Waals surface area contributed by atoms with Crippen molar-refractivity contribution in [1.29, 1.82) is 0 Å². The standard InChI is InChI=1S/C21H21ClN2O3S/c1-3-28-18-8-9-24-19(18)20(25)23-16-6-4-12(10-15(16)21(24)26)14-11-13(22)5-7-17(14)27-2/h4-7,10-11,18-19H,3,8-9H2,1-2H3,(H,23,25). The lowest BCUT2D eigenvalue weighted by atomic mass is 10.0. The highest BCUT2D eigenvalue weighted by atomic mass is 35.5. The van der Waals surface area contributed by atoms with E-state index >= 15 is 0 Å². The summed E-state index contributed by atoms with van der Waals surface area (Å²) in [4.78, 5) is 27.8. The summed E-state index contributed by atoms with van der Waals surface area (Å²) >= 11 is 7.91. The molecule has 28 heavy (non-hydrogen) atoms. The first-order valence-corrected chi connectivity index (χ1v) is 10.7. The molecule has 2 aliphatic rings. The first-order chi connectivity index (χ1) is 13.5. The Morgan fingerprint density at radius 2 is 2.04 bits per heavy atom. The molecule has 0 bridgehead atoms. The van der Waals surface area contributed by atoms with Gasteiger partial charge in [0.2, 0.25) is 5.91 Å². The second-order valence-corrected chi connectivity index (χ2v) is 8.77. The van der Waals surface area contributed by atoms with Crippen LogP contribution < -0.4 is 10.1 Å². The van der Waals surface area contributed by atoms with E-state index in [1.165, 1.54) is 0 Å². The minimum absolute atomic E-state index is 0.108. The van der Waals surface area contributed by atoms with E-state index in [9.17, 15) is 9.59 Å². The van der Waals surface area contributed by atoms with Crippen LogP contribution in [0.1, 0.15) is 23.7 Å². The number of fused-ring (bicyclic) bond motifs is 2. The van der Waals surface area contributed by atoms with Crippen LogP contribution in [-0.4, -0.2) is 47.4 Å². The van der Waals surface area contributed by atoms with Crippen LogP contribution in [0.25, 0.3) is 11.1 Å². The first-order valence-electron chi connectivity index (χ1n) is 9.25. The van der Waals surface area contributed by atoms with Crippen LogP contribution in [0.15, 0.2) is 36.4 Å². The molecule has 2 heterocycles. The Morgan fingerprint density at radius 3 is 2.79 bits per heavy atom. The Labute approximate surface area is 173 Å². The Balaban J connectivity index is 1.77. The van der Waals surface area contributed by atoms with Crippen molar-refractivity contribution >= 4 is 40.9 Å². The summed E-state index contributed by atoms with van der Waals surface area (Å²) < 4.78 is 5.45.